The number of hydrogen-bond acceptors (Lipinski definition) is 3. The van der Waals surface area contributed by atoms with Crippen molar-refractivity contribution < 1.29 is 14.6 Å². The maximum absolute atomic E-state index is 12.4. The Morgan fingerprint density at radius 1 is 1.42 bits per heavy atom. The van der Waals surface area contributed by atoms with Gasteiger partial charge in [0.1, 0.15) is 6.10 Å². The highest BCUT2D eigenvalue weighted by molar-refractivity contribution is 5.74. The van der Waals surface area contributed by atoms with E-state index in [4.69, 9.17) is 4.74 Å². The largest absolute Gasteiger partial charge is 0.396 e. The molecule has 2 rings (SSSR count). The molecule has 5 heteroatoms. The summed E-state index contributed by atoms with van der Waals surface area (Å²) in [6.45, 7) is 8.70. The molecule has 0 radical (unpaired) electrons. The molecule has 0 spiro atoms. The number of carbonyl (C=O) groups is 1. The summed E-state index contributed by atoms with van der Waals surface area (Å²) < 4.78 is 5.86. The topological polar surface area (TPSA) is 61.8 Å². The maximum atomic E-state index is 12.4. The van der Waals surface area contributed by atoms with Crippen LogP contribution in [0.3, 0.4) is 0 Å². The molecule has 1 heterocycles. The third-order valence-corrected chi connectivity index (χ3v) is 4.62. The fourth-order valence-electron chi connectivity index (χ4n) is 2.92. The minimum absolute atomic E-state index is 0.0290. The van der Waals surface area contributed by atoms with Gasteiger partial charge in [-0.05, 0) is 36.3 Å². The summed E-state index contributed by atoms with van der Waals surface area (Å²) >= 11 is 0. The molecule has 1 aromatic carbocycles. The van der Waals surface area contributed by atoms with Gasteiger partial charge in [0.2, 0.25) is 0 Å². The van der Waals surface area contributed by atoms with Crippen LogP contribution >= 0.6 is 0 Å². The summed E-state index contributed by atoms with van der Waals surface area (Å²) in [4.78, 5) is 14.2. The molecular weight excluding hydrogens is 304 g/mol. The Morgan fingerprint density at radius 2 is 2.17 bits per heavy atom. The first-order valence-electron chi connectivity index (χ1n) is 8.74. The quantitative estimate of drug-likeness (QED) is 0.787. The minimum Gasteiger partial charge on any atom is -0.396 e. The van der Waals surface area contributed by atoms with Crippen molar-refractivity contribution in [2.75, 3.05) is 32.8 Å². The second-order valence-corrected chi connectivity index (χ2v) is 7.32. The second-order valence-electron chi connectivity index (χ2n) is 7.32. The Morgan fingerprint density at radius 3 is 2.88 bits per heavy atom. The predicted molar refractivity (Wildman–Crippen MR) is 94.9 cm³/mol. The molecule has 1 aromatic rings. The third-order valence-electron chi connectivity index (χ3n) is 4.62. The lowest BCUT2D eigenvalue weighted by Gasteiger charge is -2.34. The van der Waals surface area contributed by atoms with Crippen molar-refractivity contribution in [3.05, 3.63) is 35.4 Å². The van der Waals surface area contributed by atoms with Crippen molar-refractivity contribution >= 4 is 6.03 Å². The van der Waals surface area contributed by atoms with E-state index >= 15 is 0 Å². The van der Waals surface area contributed by atoms with E-state index in [1.54, 1.807) is 0 Å². The van der Waals surface area contributed by atoms with Gasteiger partial charge >= 0.3 is 6.03 Å². The summed E-state index contributed by atoms with van der Waals surface area (Å²) in [5.41, 5.74) is 2.26. The lowest BCUT2D eigenvalue weighted by molar-refractivity contribution is -0.0157. The predicted octanol–water partition coefficient (Wildman–Crippen LogP) is 2.88. The Hall–Kier alpha value is -1.59. The van der Waals surface area contributed by atoms with Gasteiger partial charge in [-0.3, -0.25) is 0 Å². The molecule has 0 saturated carbocycles. The summed E-state index contributed by atoms with van der Waals surface area (Å²) in [6, 6.07) is 8.13. The van der Waals surface area contributed by atoms with Gasteiger partial charge in [-0.1, -0.05) is 38.1 Å². The van der Waals surface area contributed by atoms with Crippen LogP contribution in [0.15, 0.2) is 24.3 Å². The van der Waals surface area contributed by atoms with Crippen LogP contribution in [0, 0.1) is 12.3 Å². The van der Waals surface area contributed by atoms with Gasteiger partial charge in [-0.15, -0.1) is 0 Å². The first-order chi connectivity index (χ1) is 11.4. The van der Waals surface area contributed by atoms with Crippen molar-refractivity contribution in [2.45, 2.75) is 39.7 Å². The number of morpholine rings is 1. The summed E-state index contributed by atoms with van der Waals surface area (Å²) in [7, 11) is 0. The number of rotatable bonds is 6. The number of urea groups is 1. The fraction of sp³-hybridized carbons (Fsp3) is 0.632. The zero-order chi connectivity index (χ0) is 17.6. The molecule has 5 nitrogen and oxygen atoms in total. The first-order valence-corrected chi connectivity index (χ1v) is 8.74. The zero-order valence-electron chi connectivity index (χ0n) is 15.0. The van der Waals surface area contributed by atoms with E-state index in [2.05, 4.69) is 24.4 Å². The number of aliphatic hydroxyl groups is 1. The minimum atomic E-state index is -0.0837. The molecule has 0 bridgehead atoms. The number of aryl methyl sites for hydroxylation is 1. The van der Waals surface area contributed by atoms with Crippen LogP contribution in [0.5, 0.6) is 0 Å². The van der Waals surface area contributed by atoms with Crippen LogP contribution in [0.4, 0.5) is 4.79 Å². The molecule has 2 amide bonds. The average Bonchev–Trinajstić information content (AvgIpc) is 2.59. The zero-order valence-corrected chi connectivity index (χ0v) is 15.0. The summed E-state index contributed by atoms with van der Waals surface area (Å²) in [5.74, 6) is 0. The van der Waals surface area contributed by atoms with Crippen LogP contribution < -0.4 is 5.32 Å². The normalized spacial score (nSPS) is 18.5. The van der Waals surface area contributed by atoms with E-state index < -0.39 is 0 Å². The second kappa shape index (κ2) is 8.49. The van der Waals surface area contributed by atoms with Crippen LogP contribution in [0.2, 0.25) is 0 Å². The van der Waals surface area contributed by atoms with Gasteiger partial charge in [0.15, 0.2) is 0 Å². The molecule has 1 fully saturated rings. The van der Waals surface area contributed by atoms with Gasteiger partial charge in [-0.2, -0.15) is 0 Å². The number of nitrogens with one attached hydrogen (secondary N) is 1. The molecule has 1 saturated heterocycles. The number of hydrogen-bond donors (Lipinski definition) is 2. The van der Waals surface area contributed by atoms with Crippen LogP contribution in [0.25, 0.3) is 0 Å². The molecular formula is C19H30N2O3. The highest BCUT2D eigenvalue weighted by Gasteiger charge is 2.26. The first kappa shape index (κ1) is 18.7. The summed E-state index contributed by atoms with van der Waals surface area (Å²) in [6.07, 6.45) is 1.70. The molecule has 2 N–H and O–H groups in total. The Balaban J connectivity index is 1.81. The van der Waals surface area contributed by atoms with Gasteiger partial charge in [-0.25, -0.2) is 4.79 Å². The SMILES string of the molecule is Cc1ccccc1C1CN(C(=O)NCCCC(C)(C)CO)CCO1. The lowest BCUT2D eigenvalue weighted by Crippen LogP contribution is -2.47. The fourth-order valence-corrected chi connectivity index (χ4v) is 2.92. The van der Waals surface area contributed by atoms with E-state index in [1.165, 1.54) is 5.56 Å². The highest BCUT2D eigenvalue weighted by Crippen LogP contribution is 2.25. The van der Waals surface area contributed by atoms with Crippen LogP contribution in [-0.4, -0.2) is 48.9 Å². The number of aliphatic hydroxyl groups excluding tert-OH is 1. The Bertz CT molecular complexity index is 545. The molecule has 24 heavy (non-hydrogen) atoms. The molecule has 1 atom stereocenters. The Kier molecular flexibility index (Phi) is 6.63. The van der Waals surface area contributed by atoms with E-state index in [-0.39, 0.29) is 24.2 Å². The van der Waals surface area contributed by atoms with E-state index in [0.29, 0.717) is 26.2 Å². The highest BCUT2D eigenvalue weighted by atomic mass is 16.5. The summed E-state index contributed by atoms with van der Waals surface area (Å²) in [5, 5.41) is 12.2. The molecule has 134 valence electrons. The standard InChI is InChI=1S/C19H30N2O3/c1-15-7-4-5-8-16(15)17-13-21(11-12-24-17)18(23)20-10-6-9-19(2,3)14-22/h4-5,7-8,17,22H,6,9-14H2,1-3H3,(H,20,23). The number of nitrogens with zero attached hydrogens (tertiary/aromatic N) is 1. The van der Waals surface area contributed by atoms with Crippen LogP contribution in [0.1, 0.15) is 43.9 Å². The number of ether oxygens (including phenoxy) is 1. The van der Waals surface area contributed by atoms with Crippen molar-refractivity contribution in [1.29, 1.82) is 0 Å². The molecule has 1 aliphatic rings. The van der Waals surface area contributed by atoms with Crippen molar-refractivity contribution in [3.8, 4) is 0 Å². The lowest BCUT2D eigenvalue weighted by atomic mass is 9.89. The van der Waals surface area contributed by atoms with Gasteiger partial charge in [0.05, 0.1) is 13.2 Å². The maximum Gasteiger partial charge on any atom is 0.317 e. The van der Waals surface area contributed by atoms with Crippen molar-refractivity contribution in [1.82, 2.24) is 10.2 Å². The number of carbonyl (C=O) groups excluding carboxylic acids is 1. The molecule has 0 aliphatic carbocycles. The number of amides is 2. The molecule has 1 aliphatic heterocycles. The van der Waals surface area contributed by atoms with Gasteiger partial charge in [0.25, 0.3) is 0 Å². The van der Waals surface area contributed by atoms with Gasteiger partial charge < -0.3 is 20.1 Å². The smallest absolute Gasteiger partial charge is 0.317 e. The van der Waals surface area contributed by atoms with E-state index in [1.807, 2.05) is 30.9 Å². The van der Waals surface area contributed by atoms with Gasteiger partial charge in [0, 0.05) is 19.7 Å². The monoisotopic (exact) mass is 334 g/mol. The van der Waals surface area contributed by atoms with Crippen molar-refractivity contribution in [2.24, 2.45) is 5.41 Å². The molecule has 0 aromatic heterocycles. The molecule has 1 unspecified atom stereocenters. The van der Waals surface area contributed by atoms with E-state index in [0.717, 1.165) is 18.4 Å². The average molecular weight is 334 g/mol. The van der Waals surface area contributed by atoms with Crippen molar-refractivity contribution in [3.63, 3.8) is 0 Å². The Labute approximate surface area is 145 Å². The van der Waals surface area contributed by atoms with Crippen LogP contribution in [-0.2, 0) is 4.74 Å². The van der Waals surface area contributed by atoms with E-state index in [9.17, 15) is 9.90 Å². The third kappa shape index (κ3) is 5.21. The number of benzene rings is 1.